The maximum absolute atomic E-state index is 13.8. The van der Waals surface area contributed by atoms with Crippen molar-refractivity contribution in [1.82, 2.24) is 5.32 Å². The van der Waals surface area contributed by atoms with Crippen molar-refractivity contribution in [3.05, 3.63) is 0 Å². The number of esters is 1. The molecule has 0 heterocycles. The highest BCUT2D eigenvalue weighted by molar-refractivity contribution is 5.76. The van der Waals surface area contributed by atoms with Crippen molar-refractivity contribution in [1.29, 1.82) is 0 Å². The fourth-order valence-electron chi connectivity index (χ4n) is 2.10. The van der Waals surface area contributed by atoms with E-state index >= 15 is 0 Å². The highest BCUT2D eigenvalue weighted by Crippen LogP contribution is 2.30. The number of carbonyl (C=O) groups excluding carboxylic acids is 2. The first kappa shape index (κ1) is 15.7. The monoisotopic (exact) mass is 275 g/mol. The maximum atomic E-state index is 13.8. The molecule has 6 heteroatoms. The van der Waals surface area contributed by atoms with Gasteiger partial charge in [-0.15, -0.1) is 0 Å². The SMILES string of the molecule is CCOC(=O)[C@@H]1CC[C@@H](F)[C@@H]1NC(=O)OC(C)(C)C. The van der Waals surface area contributed by atoms with Crippen molar-refractivity contribution in [2.75, 3.05) is 6.61 Å². The molecule has 1 N–H and O–H groups in total. The molecule has 0 saturated heterocycles. The van der Waals surface area contributed by atoms with Crippen LogP contribution < -0.4 is 5.32 Å². The molecule has 1 saturated carbocycles. The van der Waals surface area contributed by atoms with E-state index in [1.807, 2.05) is 0 Å². The Morgan fingerprint density at radius 2 is 1.95 bits per heavy atom. The number of alkyl halides is 1. The summed E-state index contributed by atoms with van der Waals surface area (Å²) in [6.07, 6.45) is -1.34. The first-order valence-corrected chi connectivity index (χ1v) is 6.55. The largest absolute Gasteiger partial charge is 0.466 e. The van der Waals surface area contributed by atoms with E-state index < -0.39 is 35.8 Å². The van der Waals surface area contributed by atoms with Crippen LogP contribution >= 0.6 is 0 Å². The second-order valence-corrected chi connectivity index (χ2v) is 5.62. The van der Waals surface area contributed by atoms with Crippen LogP contribution in [0.3, 0.4) is 0 Å². The number of ether oxygens (including phenoxy) is 2. The Kier molecular flexibility index (Phi) is 5.14. The molecule has 0 bridgehead atoms. The predicted octanol–water partition coefficient (Wildman–Crippen LogP) is 2.19. The molecule has 0 radical (unpaired) electrons. The minimum atomic E-state index is -1.25. The zero-order chi connectivity index (χ0) is 14.6. The number of nitrogens with one attached hydrogen (secondary N) is 1. The molecule has 110 valence electrons. The number of alkyl carbamates (subject to hydrolysis) is 1. The average molecular weight is 275 g/mol. The topological polar surface area (TPSA) is 64.6 Å². The lowest BCUT2D eigenvalue weighted by molar-refractivity contribution is -0.148. The van der Waals surface area contributed by atoms with Crippen LogP contribution in [0.15, 0.2) is 0 Å². The Balaban J connectivity index is 2.62. The summed E-state index contributed by atoms with van der Waals surface area (Å²) in [5.41, 5.74) is -0.659. The van der Waals surface area contributed by atoms with Gasteiger partial charge in [0.2, 0.25) is 0 Å². The third-order valence-electron chi connectivity index (χ3n) is 2.85. The molecule has 0 aliphatic heterocycles. The number of hydrogen-bond acceptors (Lipinski definition) is 4. The second-order valence-electron chi connectivity index (χ2n) is 5.62. The maximum Gasteiger partial charge on any atom is 0.407 e. The first-order chi connectivity index (χ1) is 8.74. The smallest absolute Gasteiger partial charge is 0.407 e. The van der Waals surface area contributed by atoms with Gasteiger partial charge in [0.1, 0.15) is 11.8 Å². The average Bonchev–Trinajstić information content (AvgIpc) is 2.58. The molecule has 1 aliphatic carbocycles. The molecule has 1 aliphatic rings. The summed E-state index contributed by atoms with van der Waals surface area (Å²) in [6, 6.07) is -0.867. The Hall–Kier alpha value is -1.33. The van der Waals surface area contributed by atoms with Crippen molar-refractivity contribution >= 4 is 12.1 Å². The van der Waals surface area contributed by atoms with Crippen molar-refractivity contribution in [2.45, 2.75) is 58.4 Å². The quantitative estimate of drug-likeness (QED) is 0.802. The third kappa shape index (κ3) is 4.69. The lowest BCUT2D eigenvalue weighted by atomic mass is 10.0. The van der Waals surface area contributed by atoms with E-state index in [1.165, 1.54) is 0 Å². The van der Waals surface area contributed by atoms with Crippen molar-refractivity contribution in [3.8, 4) is 0 Å². The van der Waals surface area contributed by atoms with E-state index in [4.69, 9.17) is 9.47 Å². The summed E-state index contributed by atoms with van der Waals surface area (Å²) in [7, 11) is 0. The van der Waals surface area contributed by atoms with Gasteiger partial charge in [-0.3, -0.25) is 4.79 Å². The standard InChI is InChI=1S/C13H22FNO4/c1-5-18-11(16)8-6-7-9(14)10(8)15-12(17)19-13(2,3)4/h8-10H,5-7H2,1-4H3,(H,15,17)/t8-,9-,10-/m1/s1. The molecule has 3 atom stereocenters. The zero-order valence-corrected chi connectivity index (χ0v) is 11.9. The van der Waals surface area contributed by atoms with Crippen LogP contribution in [0.2, 0.25) is 0 Å². The lowest BCUT2D eigenvalue weighted by Gasteiger charge is -2.24. The van der Waals surface area contributed by atoms with Crippen molar-refractivity contribution in [3.63, 3.8) is 0 Å². The molecule has 0 unspecified atom stereocenters. The van der Waals surface area contributed by atoms with Gasteiger partial charge in [0.25, 0.3) is 0 Å². The summed E-state index contributed by atoms with van der Waals surface area (Å²) in [6.45, 7) is 7.09. The predicted molar refractivity (Wildman–Crippen MR) is 67.4 cm³/mol. The Bertz CT molecular complexity index is 340. The molecule has 1 amide bonds. The summed E-state index contributed by atoms with van der Waals surface area (Å²) in [5, 5.41) is 2.44. The van der Waals surface area contributed by atoms with Crippen molar-refractivity contribution in [2.24, 2.45) is 5.92 Å². The first-order valence-electron chi connectivity index (χ1n) is 6.55. The van der Waals surface area contributed by atoms with Crippen molar-refractivity contribution < 1.29 is 23.5 Å². The van der Waals surface area contributed by atoms with Crippen LogP contribution in [0.5, 0.6) is 0 Å². The molecule has 5 nitrogen and oxygen atoms in total. The van der Waals surface area contributed by atoms with Crippen LogP contribution in [0.1, 0.15) is 40.5 Å². The van der Waals surface area contributed by atoms with E-state index in [2.05, 4.69) is 5.32 Å². The van der Waals surface area contributed by atoms with E-state index in [9.17, 15) is 14.0 Å². The zero-order valence-electron chi connectivity index (χ0n) is 11.9. The van der Waals surface area contributed by atoms with E-state index in [0.29, 0.717) is 6.42 Å². The molecule has 1 rings (SSSR count). The number of halogens is 1. The number of rotatable bonds is 3. The molecular weight excluding hydrogens is 253 g/mol. The van der Waals surface area contributed by atoms with Crippen LogP contribution in [0, 0.1) is 5.92 Å². The van der Waals surface area contributed by atoms with Gasteiger partial charge in [-0.05, 0) is 40.5 Å². The summed E-state index contributed by atoms with van der Waals surface area (Å²) in [4.78, 5) is 23.3. The van der Waals surface area contributed by atoms with Gasteiger partial charge < -0.3 is 14.8 Å². The Labute approximate surface area is 112 Å². The molecule has 0 aromatic heterocycles. The number of amides is 1. The Morgan fingerprint density at radius 1 is 1.32 bits per heavy atom. The molecule has 1 fully saturated rings. The van der Waals surface area contributed by atoms with Gasteiger partial charge in [-0.1, -0.05) is 0 Å². The fourth-order valence-corrected chi connectivity index (χ4v) is 2.10. The highest BCUT2D eigenvalue weighted by Gasteiger charge is 2.43. The molecule has 19 heavy (non-hydrogen) atoms. The molecular formula is C13H22FNO4. The summed E-state index contributed by atoms with van der Waals surface area (Å²) >= 11 is 0. The fraction of sp³-hybridized carbons (Fsp3) is 0.846. The summed E-state index contributed by atoms with van der Waals surface area (Å²) < 4.78 is 23.7. The van der Waals surface area contributed by atoms with Gasteiger partial charge in [0.15, 0.2) is 0 Å². The molecule has 0 aromatic carbocycles. The van der Waals surface area contributed by atoms with Crippen LogP contribution in [-0.4, -0.2) is 36.5 Å². The molecule has 0 spiro atoms. The van der Waals surface area contributed by atoms with Gasteiger partial charge in [0.05, 0.1) is 18.6 Å². The minimum absolute atomic E-state index is 0.240. The van der Waals surface area contributed by atoms with Crippen LogP contribution in [0.25, 0.3) is 0 Å². The second kappa shape index (κ2) is 6.21. The van der Waals surface area contributed by atoms with Gasteiger partial charge in [-0.25, -0.2) is 9.18 Å². The van der Waals surface area contributed by atoms with Crippen LogP contribution in [-0.2, 0) is 14.3 Å². The molecule has 0 aromatic rings. The van der Waals surface area contributed by atoms with E-state index in [1.54, 1.807) is 27.7 Å². The number of hydrogen-bond donors (Lipinski definition) is 1. The number of carbonyl (C=O) groups is 2. The normalized spacial score (nSPS) is 26.9. The van der Waals surface area contributed by atoms with E-state index in [0.717, 1.165) is 0 Å². The minimum Gasteiger partial charge on any atom is -0.466 e. The van der Waals surface area contributed by atoms with Gasteiger partial charge in [0, 0.05) is 0 Å². The highest BCUT2D eigenvalue weighted by atomic mass is 19.1. The van der Waals surface area contributed by atoms with Gasteiger partial charge >= 0.3 is 12.1 Å². The van der Waals surface area contributed by atoms with Crippen LogP contribution in [0.4, 0.5) is 9.18 Å². The van der Waals surface area contributed by atoms with E-state index in [-0.39, 0.29) is 13.0 Å². The third-order valence-corrected chi connectivity index (χ3v) is 2.85. The van der Waals surface area contributed by atoms with Gasteiger partial charge in [-0.2, -0.15) is 0 Å². The summed E-state index contributed by atoms with van der Waals surface area (Å²) in [5.74, 6) is -1.11. The lowest BCUT2D eigenvalue weighted by Crippen LogP contribution is -2.47. The Morgan fingerprint density at radius 3 is 2.47 bits per heavy atom.